The van der Waals surface area contributed by atoms with Crippen LogP contribution in [-0.4, -0.2) is 30.9 Å². The summed E-state index contributed by atoms with van der Waals surface area (Å²) in [5.74, 6) is -1.90. The number of anilines is 1. The summed E-state index contributed by atoms with van der Waals surface area (Å²) >= 11 is 0. The number of hydrogen-bond acceptors (Lipinski definition) is 7. The molecule has 5 rings (SSSR count). The van der Waals surface area contributed by atoms with Gasteiger partial charge in [-0.25, -0.2) is 0 Å². The van der Waals surface area contributed by atoms with E-state index in [0.29, 0.717) is 11.4 Å². The van der Waals surface area contributed by atoms with Crippen molar-refractivity contribution in [3.05, 3.63) is 65.2 Å². The van der Waals surface area contributed by atoms with Crippen LogP contribution in [0.15, 0.2) is 53.5 Å². The second-order valence-electron chi connectivity index (χ2n) is 8.40. The molecule has 1 spiro atoms. The third-order valence-corrected chi connectivity index (χ3v) is 6.48. The molecule has 2 aliphatic rings. The second kappa shape index (κ2) is 8.73. The van der Waals surface area contributed by atoms with Crippen molar-refractivity contribution in [2.45, 2.75) is 25.0 Å². The van der Waals surface area contributed by atoms with Crippen LogP contribution < -0.4 is 79.0 Å². The molecule has 0 saturated heterocycles. The van der Waals surface area contributed by atoms with E-state index in [1.165, 1.54) is 12.1 Å². The minimum atomic E-state index is -1.23. The van der Waals surface area contributed by atoms with Crippen LogP contribution in [0.2, 0.25) is 0 Å². The van der Waals surface area contributed by atoms with E-state index < -0.39 is 23.1 Å². The van der Waals surface area contributed by atoms with Crippen molar-refractivity contribution in [2.24, 2.45) is 4.99 Å². The van der Waals surface area contributed by atoms with Crippen LogP contribution in [0.3, 0.4) is 0 Å². The average Bonchev–Trinajstić information content (AvgIpc) is 2.91. The largest absolute Gasteiger partial charge is 1.00 e. The van der Waals surface area contributed by atoms with E-state index in [1.807, 2.05) is 25.8 Å². The molecule has 0 bridgehead atoms. The van der Waals surface area contributed by atoms with Crippen LogP contribution in [0.4, 0.5) is 11.4 Å². The maximum absolute atomic E-state index is 11.4. The van der Waals surface area contributed by atoms with E-state index in [4.69, 9.17) is 9.73 Å². The monoisotopic (exact) mass is 460 g/mol. The van der Waals surface area contributed by atoms with Gasteiger partial charge >= 0.3 is 59.1 Å². The molecule has 0 aliphatic carbocycles. The van der Waals surface area contributed by atoms with Gasteiger partial charge in [0.05, 0.1) is 23.6 Å². The molecule has 2 aliphatic heterocycles. The number of carboxylic acids is 2. The third-order valence-electron chi connectivity index (χ3n) is 6.48. The Morgan fingerprint density at radius 1 is 0.939 bits per heavy atom. The van der Waals surface area contributed by atoms with Crippen LogP contribution in [0, 0.1) is 0 Å². The summed E-state index contributed by atoms with van der Waals surface area (Å²) in [6.07, 6.45) is 1.74. The van der Waals surface area contributed by atoms with Crippen LogP contribution in [0.25, 0.3) is 10.8 Å². The summed E-state index contributed by atoms with van der Waals surface area (Å²) < 4.78 is 6.56. The minimum Gasteiger partial charge on any atom is -0.545 e. The third kappa shape index (κ3) is 3.62. The predicted octanol–water partition coefficient (Wildman–Crippen LogP) is -4.21. The zero-order chi connectivity index (χ0) is 22.1. The second-order valence-corrected chi connectivity index (χ2v) is 8.40. The van der Waals surface area contributed by atoms with Crippen molar-refractivity contribution in [1.29, 1.82) is 0 Å². The SMILES string of the molecule is CN1c2ccc(C(=O)[O-])cc2C(C)(C)C12C=Nc1c(ccc3cc(C(=O)[O-])ccc13)O2.[Na+].[Na+]. The molecule has 33 heavy (non-hydrogen) atoms. The van der Waals surface area contributed by atoms with E-state index in [1.54, 1.807) is 42.6 Å². The van der Waals surface area contributed by atoms with Gasteiger partial charge < -0.3 is 29.4 Å². The van der Waals surface area contributed by atoms with Gasteiger partial charge in [-0.3, -0.25) is 4.99 Å². The summed E-state index contributed by atoms with van der Waals surface area (Å²) in [6.45, 7) is 3.97. The predicted molar refractivity (Wildman–Crippen MR) is 112 cm³/mol. The number of nitrogens with zero attached hydrogens (tertiary/aromatic N) is 2. The van der Waals surface area contributed by atoms with Gasteiger partial charge in [0, 0.05) is 18.1 Å². The molecular weight excluding hydrogens is 442 g/mol. The fourth-order valence-corrected chi connectivity index (χ4v) is 4.67. The van der Waals surface area contributed by atoms with Gasteiger partial charge in [-0.05, 0) is 60.2 Å². The van der Waals surface area contributed by atoms with Crippen molar-refractivity contribution in [3.8, 4) is 5.75 Å². The first-order chi connectivity index (χ1) is 14.7. The van der Waals surface area contributed by atoms with Gasteiger partial charge in [0.2, 0.25) is 5.72 Å². The number of aliphatic imine (C=N–C) groups is 1. The Bertz CT molecular complexity index is 1340. The standard InChI is InChI=1S/C24H20N2O5.2Na/c1-23(2)17-11-15(22(29)30)5-8-18(17)26(3)24(23)12-25-20-16-7-4-14(21(27)28)10-13(16)6-9-19(20)31-24;;/h4-12H,1-3H3,(H,27,28)(H,29,30);;/q;2*+1/p-2. The van der Waals surface area contributed by atoms with Crippen molar-refractivity contribution < 1.29 is 83.7 Å². The van der Waals surface area contributed by atoms with Crippen molar-refractivity contribution in [2.75, 3.05) is 11.9 Å². The molecule has 156 valence electrons. The first-order valence-electron chi connectivity index (χ1n) is 9.78. The Labute approximate surface area is 235 Å². The molecule has 1 atom stereocenters. The van der Waals surface area contributed by atoms with Crippen molar-refractivity contribution in [3.63, 3.8) is 0 Å². The molecule has 0 aromatic heterocycles. The van der Waals surface area contributed by atoms with Crippen LogP contribution in [-0.2, 0) is 5.41 Å². The number of benzene rings is 3. The van der Waals surface area contributed by atoms with Crippen LogP contribution in [0.5, 0.6) is 5.75 Å². The molecule has 1 unspecified atom stereocenters. The Kier molecular flexibility index (Phi) is 6.81. The molecule has 9 heteroatoms. The molecule has 3 aromatic rings. The Balaban J connectivity index is 0.00000153. The van der Waals surface area contributed by atoms with Gasteiger partial charge in [-0.1, -0.05) is 24.3 Å². The van der Waals surface area contributed by atoms with E-state index in [9.17, 15) is 19.8 Å². The topological polar surface area (TPSA) is 105 Å². The van der Waals surface area contributed by atoms with Crippen LogP contribution in [0.1, 0.15) is 40.1 Å². The number of carboxylic acid groups (broad SMARTS) is 2. The molecule has 0 radical (unpaired) electrons. The van der Waals surface area contributed by atoms with E-state index in [-0.39, 0.29) is 70.2 Å². The number of carbonyl (C=O) groups is 2. The molecule has 7 nitrogen and oxygen atoms in total. The summed E-state index contributed by atoms with van der Waals surface area (Å²) in [7, 11) is 1.89. The molecule has 0 fully saturated rings. The molecule has 2 heterocycles. The fourth-order valence-electron chi connectivity index (χ4n) is 4.67. The molecule has 0 N–H and O–H groups in total. The fraction of sp³-hybridized carbons (Fsp3) is 0.208. The number of ether oxygens (including phenoxy) is 1. The number of likely N-dealkylation sites (N-methyl/N-ethyl adjacent to an activating group) is 1. The quantitative estimate of drug-likeness (QED) is 0.359. The average molecular weight is 460 g/mol. The van der Waals surface area contributed by atoms with Gasteiger partial charge in [0.25, 0.3) is 0 Å². The van der Waals surface area contributed by atoms with Gasteiger partial charge in [-0.2, -0.15) is 0 Å². The number of aromatic carboxylic acids is 2. The first kappa shape index (κ1) is 25.7. The van der Waals surface area contributed by atoms with Crippen LogP contribution >= 0.6 is 0 Å². The van der Waals surface area contributed by atoms with Gasteiger partial charge in [0.15, 0.2) is 0 Å². The normalized spacial score (nSPS) is 19.2. The molecule has 0 amide bonds. The number of fused-ring (bicyclic) bond motifs is 4. The van der Waals surface area contributed by atoms with Gasteiger partial charge in [0.1, 0.15) is 11.4 Å². The Morgan fingerprint density at radius 3 is 2.24 bits per heavy atom. The van der Waals surface area contributed by atoms with Crippen molar-refractivity contribution >= 4 is 40.3 Å². The Morgan fingerprint density at radius 2 is 1.58 bits per heavy atom. The number of carbonyl (C=O) groups excluding carboxylic acids is 2. The van der Waals surface area contributed by atoms with Crippen molar-refractivity contribution in [1.82, 2.24) is 0 Å². The van der Waals surface area contributed by atoms with E-state index >= 15 is 0 Å². The first-order valence-corrected chi connectivity index (χ1v) is 9.78. The zero-order valence-electron chi connectivity index (χ0n) is 19.1. The summed E-state index contributed by atoms with van der Waals surface area (Å²) in [5.41, 5.74) is 0.905. The van der Waals surface area contributed by atoms with E-state index in [0.717, 1.165) is 22.0 Å². The minimum absolute atomic E-state index is 0. The maximum Gasteiger partial charge on any atom is 1.00 e. The smallest absolute Gasteiger partial charge is 0.545 e. The Hall–Kier alpha value is -1.87. The number of rotatable bonds is 2. The van der Waals surface area contributed by atoms with Gasteiger partial charge in [-0.15, -0.1) is 0 Å². The summed E-state index contributed by atoms with van der Waals surface area (Å²) in [4.78, 5) is 29.3. The molecule has 3 aromatic carbocycles. The molecule has 0 saturated carbocycles. The summed E-state index contributed by atoms with van der Waals surface area (Å²) in [6, 6.07) is 13.2. The zero-order valence-corrected chi connectivity index (χ0v) is 23.1. The summed E-state index contributed by atoms with van der Waals surface area (Å²) in [5, 5.41) is 24.1. The maximum atomic E-state index is 11.4. The number of hydrogen-bond donors (Lipinski definition) is 0. The van der Waals surface area contributed by atoms with E-state index in [2.05, 4.69) is 0 Å². The molecular formula is C24H18N2Na2O5.